The topological polar surface area (TPSA) is 78.9 Å². The average Bonchev–Trinajstić information content (AvgIpc) is 3.26. The molecule has 61 heavy (non-hydrogen) atoms. The highest BCUT2D eigenvalue weighted by Crippen LogP contribution is 2.70. The van der Waals surface area contributed by atoms with E-state index in [4.69, 9.17) is 14.2 Å². The van der Waals surface area contributed by atoms with Gasteiger partial charge in [-0.3, -0.25) is 14.4 Å². The normalized spacial score (nSPS) is 11.4. The highest BCUT2D eigenvalue weighted by molar-refractivity contribution is 9.12. The number of hydrogen-bond acceptors (Lipinski definition) is 9. The molecule has 0 atom stereocenters. The number of unbranched alkanes of at least 4 members (excludes halogenated alkanes) is 36. The summed E-state index contributed by atoms with van der Waals surface area (Å²) in [6, 6.07) is 0. The molecule has 0 fully saturated rings. The number of carbonyl (C=O) groups is 3. The maximum absolute atomic E-state index is 12.6. The van der Waals surface area contributed by atoms with E-state index >= 15 is 0 Å². The van der Waals surface area contributed by atoms with Crippen LogP contribution in [0.15, 0.2) is 0 Å². The van der Waals surface area contributed by atoms with Crippen LogP contribution in [0.1, 0.15) is 271 Å². The van der Waals surface area contributed by atoms with Crippen molar-refractivity contribution in [2.24, 2.45) is 0 Å². The third kappa shape index (κ3) is 50.7. The predicted octanol–water partition coefficient (Wildman–Crippen LogP) is 18.3. The largest absolute Gasteiger partial charge is 0.465 e. The Labute approximate surface area is 392 Å². The smallest absolute Gasteiger partial charge is 0.316 e. The van der Waals surface area contributed by atoms with Crippen LogP contribution in [0, 0.1) is 0 Å². The first-order valence-electron chi connectivity index (χ1n) is 26.2. The minimum atomic E-state index is -0.924. The monoisotopic (exact) mass is 935 g/mol. The molecule has 0 aromatic carbocycles. The zero-order valence-electron chi connectivity index (χ0n) is 40.4. The van der Waals surface area contributed by atoms with Crippen LogP contribution in [0.25, 0.3) is 0 Å². The Morgan fingerprint density at radius 1 is 0.279 bits per heavy atom. The average molecular weight is 936 g/mol. The van der Waals surface area contributed by atoms with E-state index in [1.165, 1.54) is 246 Å². The number of carbonyl (C=O) groups excluding carboxylic acids is 3. The second kappa shape index (κ2) is 52.5. The van der Waals surface area contributed by atoms with Crippen molar-refractivity contribution in [3.63, 3.8) is 0 Å². The summed E-state index contributed by atoms with van der Waals surface area (Å²) in [5, 5.41) is 0. The molecule has 0 unspecified atom stereocenters. The summed E-state index contributed by atoms with van der Waals surface area (Å²) >= 11 is 4.49. The van der Waals surface area contributed by atoms with Gasteiger partial charge in [-0.1, -0.05) is 252 Å². The molecule has 0 radical (unpaired) electrons. The summed E-state index contributed by atoms with van der Waals surface area (Å²) in [4.78, 5) is 37.9. The lowest BCUT2D eigenvalue weighted by atomic mass is 10.0. The second-order valence-electron chi connectivity index (χ2n) is 17.4. The van der Waals surface area contributed by atoms with Crippen LogP contribution < -0.4 is 0 Å². The van der Waals surface area contributed by atoms with Crippen LogP contribution in [0.3, 0.4) is 0 Å². The number of hydrogen-bond donors (Lipinski definition) is 0. The van der Waals surface area contributed by atoms with Gasteiger partial charge in [0.1, 0.15) is 0 Å². The summed E-state index contributed by atoms with van der Waals surface area (Å²) in [5.74, 6) is 0.0395. The molecule has 10 heteroatoms. The third-order valence-corrected chi connectivity index (χ3v) is 21.9. The van der Waals surface area contributed by atoms with Crippen molar-refractivity contribution in [1.82, 2.24) is 0 Å². The summed E-state index contributed by atoms with van der Waals surface area (Å²) in [7, 11) is 0. The number of ether oxygens (including phenoxy) is 3. The molecule has 362 valence electrons. The summed E-state index contributed by atoms with van der Waals surface area (Å²) in [6.07, 6.45) is 50.2. The summed E-state index contributed by atoms with van der Waals surface area (Å²) in [5.41, 5.74) is -0.924. The number of esters is 3. The molecule has 0 rings (SSSR count). The maximum atomic E-state index is 12.6. The molecule has 0 N–H and O–H groups in total. The molecule has 0 aliphatic carbocycles. The van der Waals surface area contributed by atoms with Gasteiger partial charge in [-0.2, -0.15) is 0 Å². The SMILES string of the molecule is CCCCCCCCCCCCCCCOC(=O)CSP(SCC(=O)OCCCCCCCCCCCCCCC)SCC(=O)OCCCCCCCCCCCCCCC. The van der Waals surface area contributed by atoms with E-state index in [2.05, 4.69) is 20.8 Å². The fourth-order valence-electron chi connectivity index (χ4n) is 7.47. The highest BCUT2D eigenvalue weighted by Gasteiger charge is 2.19. The van der Waals surface area contributed by atoms with Gasteiger partial charge in [0.15, 0.2) is 0 Å². The van der Waals surface area contributed by atoms with Gasteiger partial charge in [-0.05, 0) is 19.3 Å². The van der Waals surface area contributed by atoms with Gasteiger partial charge in [-0.25, -0.2) is 0 Å². The predicted molar refractivity (Wildman–Crippen MR) is 274 cm³/mol. The Morgan fingerprint density at radius 3 is 0.623 bits per heavy atom. The van der Waals surface area contributed by atoms with E-state index in [0.717, 1.165) is 38.5 Å². The molecule has 0 aromatic heterocycles. The first kappa shape index (κ1) is 60.9. The molecule has 6 nitrogen and oxygen atoms in total. The molecule has 0 aromatic rings. The van der Waals surface area contributed by atoms with Crippen molar-refractivity contribution < 1.29 is 28.6 Å². The highest BCUT2D eigenvalue weighted by atomic mass is 33.4. The standard InChI is InChI=1S/C51H99O6PS3/c1-4-7-10-13-16-19-22-25-28-31-34-37-40-43-55-49(52)46-59-58(60-47-50(53)56-44-41-38-35-32-29-26-23-20-17-14-11-8-5-2)61-48-51(54)57-45-42-39-36-33-30-27-24-21-18-15-12-9-6-3/h4-48H2,1-3H3. The molecule has 0 amide bonds. The van der Waals surface area contributed by atoms with E-state index in [9.17, 15) is 14.4 Å². The van der Waals surface area contributed by atoms with E-state index < -0.39 is 5.53 Å². The Balaban J connectivity index is 4.30. The van der Waals surface area contributed by atoms with Gasteiger partial charge in [0.2, 0.25) is 0 Å². The van der Waals surface area contributed by atoms with Gasteiger partial charge in [0.25, 0.3) is 0 Å². The second-order valence-corrected chi connectivity index (χ2v) is 27.2. The van der Waals surface area contributed by atoms with Crippen molar-refractivity contribution >= 4 is 57.6 Å². The van der Waals surface area contributed by atoms with Crippen molar-refractivity contribution in [2.75, 3.05) is 37.1 Å². The molecular formula is C51H99O6PS3. The minimum absolute atomic E-state index is 0.215. The van der Waals surface area contributed by atoms with Crippen LogP contribution in [0.5, 0.6) is 0 Å². The Bertz CT molecular complexity index is 815. The quantitative estimate of drug-likeness (QED) is 0.0256. The molecule has 0 bridgehead atoms. The van der Waals surface area contributed by atoms with Crippen molar-refractivity contribution in [1.29, 1.82) is 0 Å². The van der Waals surface area contributed by atoms with E-state index in [0.29, 0.717) is 19.8 Å². The minimum Gasteiger partial charge on any atom is -0.465 e. The van der Waals surface area contributed by atoms with Gasteiger partial charge in [-0.15, -0.1) is 34.1 Å². The summed E-state index contributed by atoms with van der Waals surface area (Å²) in [6.45, 7) is 8.21. The molecule has 0 saturated heterocycles. The lowest BCUT2D eigenvalue weighted by molar-refractivity contribution is -0.141. The van der Waals surface area contributed by atoms with E-state index in [1.54, 1.807) is 0 Å². The molecule has 0 spiro atoms. The zero-order valence-corrected chi connectivity index (χ0v) is 43.8. The fourth-order valence-corrected chi connectivity index (χ4v) is 16.0. The molecular weight excluding hydrogens is 836 g/mol. The van der Waals surface area contributed by atoms with Crippen molar-refractivity contribution in [3.05, 3.63) is 0 Å². The Hall–Kier alpha value is -0.110. The molecule has 0 aliphatic heterocycles. The van der Waals surface area contributed by atoms with Gasteiger partial charge >= 0.3 is 17.9 Å². The third-order valence-electron chi connectivity index (χ3n) is 11.4. The first-order chi connectivity index (χ1) is 30.0. The summed E-state index contributed by atoms with van der Waals surface area (Å²) < 4.78 is 16.7. The Kier molecular flexibility index (Phi) is 52.4. The fraction of sp³-hybridized carbons (Fsp3) is 0.941. The van der Waals surface area contributed by atoms with Gasteiger partial charge in [0.05, 0.1) is 42.6 Å². The van der Waals surface area contributed by atoms with Gasteiger partial charge in [0, 0.05) is 0 Å². The lowest BCUT2D eigenvalue weighted by Gasteiger charge is -2.15. The molecule has 0 saturated carbocycles. The van der Waals surface area contributed by atoms with Crippen LogP contribution in [-0.2, 0) is 28.6 Å². The molecule has 0 aliphatic rings. The maximum Gasteiger partial charge on any atom is 0.316 e. The van der Waals surface area contributed by atoms with Crippen molar-refractivity contribution in [3.8, 4) is 0 Å². The van der Waals surface area contributed by atoms with Gasteiger partial charge < -0.3 is 14.2 Å². The van der Waals surface area contributed by atoms with Crippen LogP contribution >= 0.6 is 39.7 Å². The van der Waals surface area contributed by atoms with Crippen LogP contribution in [-0.4, -0.2) is 55.0 Å². The first-order valence-corrected chi connectivity index (χ1v) is 32.3. The van der Waals surface area contributed by atoms with Crippen LogP contribution in [0.2, 0.25) is 0 Å². The molecule has 0 heterocycles. The zero-order chi connectivity index (χ0) is 44.4. The Morgan fingerprint density at radius 2 is 0.443 bits per heavy atom. The lowest BCUT2D eigenvalue weighted by Crippen LogP contribution is -2.10. The van der Waals surface area contributed by atoms with E-state index in [-0.39, 0.29) is 35.2 Å². The van der Waals surface area contributed by atoms with Crippen LogP contribution in [0.4, 0.5) is 0 Å². The van der Waals surface area contributed by atoms with E-state index in [1.807, 2.05) is 0 Å². The number of rotatable bonds is 51. The van der Waals surface area contributed by atoms with Crippen molar-refractivity contribution in [2.45, 2.75) is 271 Å².